The van der Waals surface area contributed by atoms with Crippen LogP contribution in [0.15, 0.2) is 267 Å². The molecule has 2 aromatic heterocycles. The normalized spacial score (nSPS) is 11.9. The third kappa shape index (κ3) is 6.82. The summed E-state index contributed by atoms with van der Waals surface area (Å²) < 4.78 is 5.28. The summed E-state index contributed by atoms with van der Waals surface area (Å²) in [4.78, 5) is 0. The van der Waals surface area contributed by atoms with E-state index in [1.54, 1.807) is 0 Å². The SMILES string of the molecule is c1ccc(-c2c3ccccc3c(-c3ccc(-c4ccc5c(c4)sc4cc6cc7sc8cc(-c9ccc(-c%10c%11ccccc%11c(-c%11ccccc%11)c%11ccccc%10%11)cc9)ccc8c7cc6cc45)cc3)c3ccccc23)cc1. The lowest BCUT2D eigenvalue weighted by atomic mass is 9.86. The number of fused-ring (bicyclic) bond motifs is 11. The van der Waals surface area contributed by atoms with Gasteiger partial charge in [-0.15, -0.1) is 22.7 Å². The fraction of sp³-hybridized carbons (Fsp3) is 0. The highest BCUT2D eigenvalue weighted by Crippen LogP contribution is 2.47. The first-order valence-corrected chi connectivity index (χ1v) is 27.8. The van der Waals surface area contributed by atoms with Gasteiger partial charge in [0.05, 0.1) is 0 Å². The van der Waals surface area contributed by atoms with Crippen molar-refractivity contribution in [2.24, 2.45) is 0 Å². The molecule has 2 heteroatoms. The van der Waals surface area contributed by atoms with Crippen LogP contribution >= 0.6 is 22.7 Å². The molecule has 76 heavy (non-hydrogen) atoms. The minimum absolute atomic E-state index is 1.22. The van der Waals surface area contributed by atoms with Crippen molar-refractivity contribution in [2.45, 2.75) is 0 Å². The summed E-state index contributed by atoms with van der Waals surface area (Å²) in [6, 6.07) is 99.5. The lowest BCUT2D eigenvalue weighted by molar-refractivity contribution is 1.63. The van der Waals surface area contributed by atoms with Gasteiger partial charge in [0, 0.05) is 40.3 Å². The molecule has 14 aromatic carbocycles. The largest absolute Gasteiger partial charge is 0.135 e. The molecule has 16 aromatic rings. The lowest BCUT2D eigenvalue weighted by Gasteiger charge is -2.18. The third-order valence-corrected chi connectivity index (χ3v) is 18.3. The van der Waals surface area contributed by atoms with Crippen LogP contribution in [-0.4, -0.2) is 0 Å². The lowest BCUT2D eigenvalue weighted by Crippen LogP contribution is -1.90. The molecule has 0 bridgehead atoms. The van der Waals surface area contributed by atoms with Gasteiger partial charge in [0.2, 0.25) is 0 Å². The molecule has 16 rings (SSSR count). The third-order valence-electron chi connectivity index (χ3n) is 16.0. The van der Waals surface area contributed by atoms with E-state index in [9.17, 15) is 0 Å². The van der Waals surface area contributed by atoms with Gasteiger partial charge in [-0.2, -0.15) is 0 Å². The minimum Gasteiger partial charge on any atom is -0.135 e. The Kier molecular flexibility index (Phi) is 9.78. The summed E-state index contributed by atoms with van der Waals surface area (Å²) in [5.74, 6) is 0. The summed E-state index contributed by atoms with van der Waals surface area (Å²) in [6.45, 7) is 0. The fourth-order valence-electron chi connectivity index (χ4n) is 12.5. The molecule has 0 nitrogen and oxygen atoms in total. The molecule has 0 atom stereocenters. The van der Waals surface area contributed by atoms with E-state index in [2.05, 4.69) is 267 Å². The molecule has 2 heterocycles. The van der Waals surface area contributed by atoms with Crippen molar-refractivity contribution >= 4 is 117 Å². The first-order valence-electron chi connectivity index (χ1n) is 26.1. The number of rotatable bonds is 6. The van der Waals surface area contributed by atoms with Gasteiger partial charge in [0.25, 0.3) is 0 Å². The molecule has 0 spiro atoms. The maximum Gasteiger partial charge on any atom is 0.0361 e. The molecule has 0 aliphatic carbocycles. The van der Waals surface area contributed by atoms with Crippen LogP contribution in [0.25, 0.3) is 161 Å². The Hall–Kier alpha value is -9.18. The second-order valence-electron chi connectivity index (χ2n) is 20.2. The van der Waals surface area contributed by atoms with E-state index in [4.69, 9.17) is 0 Å². The number of hydrogen-bond acceptors (Lipinski definition) is 2. The van der Waals surface area contributed by atoms with Crippen molar-refractivity contribution < 1.29 is 0 Å². The number of hydrogen-bond donors (Lipinski definition) is 0. The van der Waals surface area contributed by atoms with Crippen LogP contribution in [0.4, 0.5) is 0 Å². The molecule has 0 amide bonds. The molecule has 0 unspecified atom stereocenters. The van der Waals surface area contributed by atoms with Crippen molar-refractivity contribution in [3.8, 4) is 66.8 Å². The van der Waals surface area contributed by atoms with Crippen molar-refractivity contribution in [2.75, 3.05) is 0 Å². The zero-order valence-corrected chi connectivity index (χ0v) is 42.9. The highest BCUT2D eigenvalue weighted by molar-refractivity contribution is 7.26. The molecular formula is C74H44S2. The van der Waals surface area contributed by atoms with Gasteiger partial charge in [-0.1, -0.05) is 231 Å². The minimum atomic E-state index is 1.22. The van der Waals surface area contributed by atoms with Gasteiger partial charge in [-0.25, -0.2) is 0 Å². The Labute approximate surface area is 447 Å². The summed E-state index contributed by atoms with van der Waals surface area (Å²) in [5, 5.41) is 18.1. The Morgan fingerprint density at radius 3 is 0.737 bits per heavy atom. The summed E-state index contributed by atoms with van der Waals surface area (Å²) in [7, 11) is 0. The van der Waals surface area contributed by atoms with Crippen molar-refractivity contribution in [1.29, 1.82) is 0 Å². The standard InChI is InChI=1S/C74H44S2/c1-3-15-47(16-4-1)71-57-19-7-11-23-61(57)73(62-24-12-8-20-58(62)71)49-31-27-45(28-32-49)51-35-37-55-65-39-53-40-66-56-38-36-52(42-68(56)76-70(66)44-54(53)43-69(65)75-67(55)41-51)46-29-33-50(34-30-46)74-63-25-13-9-21-59(63)72(48-17-5-2-6-18-48)60-22-10-14-26-64(60)74/h1-44H. The molecule has 0 saturated carbocycles. The zero-order chi connectivity index (χ0) is 49.8. The maximum absolute atomic E-state index is 2.43. The predicted molar refractivity (Wildman–Crippen MR) is 332 cm³/mol. The molecule has 0 radical (unpaired) electrons. The molecule has 0 N–H and O–H groups in total. The van der Waals surface area contributed by atoms with Crippen molar-refractivity contribution in [3.63, 3.8) is 0 Å². The Morgan fingerprint density at radius 1 is 0.158 bits per heavy atom. The Bertz CT molecular complexity index is 4570. The van der Waals surface area contributed by atoms with Crippen LogP contribution in [0.3, 0.4) is 0 Å². The molecule has 0 saturated heterocycles. The average molecular weight is 997 g/mol. The molecule has 0 aliphatic heterocycles. The molecular weight excluding hydrogens is 953 g/mol. The quantitative estimate of drug-likeness (QED) is 0.146. The predicted octanol–water partition coefficient (Wildman–Crippen LogP) is 22.2. The Balaban J connectivity index is 0.717. The van der Waals surface area contributed by atoms with E-state index in [1.165, 1.54) is 161 Å². The topological polar surface area (TPSA) is 0 Å². The van der Waals surface area contributed by atoms with Crippen LogP contribution in [-0.2, 0) is 0 Å². The molecule has 0 aliphatic rings. The van der Waals surface area contributed by atoms with E-state index in [-0.39, 0.29) is 0 Å². The van der Waals surface area contributed by atoms with Crippen LogP contribution in [0.5, 0.6) is 0 Å². The van der Waals surface area contributed by atoms with Gasteiger partial charge in [-0.05, 0) is 157 Å². The number of thiophene rings is 2. The van der Waals surface area contributed by atoms with Crippen molar-refractivity contribution in [3.05, 3.63) is 267 Å². The maximum atomic E-state index is 2.43. The smallest absolute Gasteiger partial charge is 0.0361 e. The van der Waals surface area contributed by atoms with Crippen LogP contribution in [0.2, 0.25) is 0 Å². The first-order chi connectivity index (χ1) is 37.7. The highest BCUT2D eigenvalue weighted by atomic mass is 32.1. The van der Waals surface area contributed by atoms with E-state index in [1.807, 2.05) is 22.7 Å². The van der Waals surface area contributed by atoms with Crippen LogP contribution in [0, 0.1) is 0 Å². The molecule has 352 valence electrons. The van der Waals surface area contributed by atoms with Crippen LogP contribution in [0.1, 0.15) is 0 Å². The second-order valence-corrected chi connectivity index (χ2v) is 22.4. The monoisotopic (exact) mass is 996 g/mol. The van der Waals surface area contributed by atoms with Crippen molar-refractivity contribution in [1.82, 2.24) is 0 Å². The molecule has 0 fully saturated rings. The van der Waals surface area contributed by atoms with Gasteiger partial charge < -0.3 is 0 Å². The van der Waals surface area contributed by atoms with Gasteiger partial charge >= 0.3 is 0 Å². The van der Waals surface area contributed by atoms with E-state index < -0.39 is 0 Å². The van der Waals surface area contributed by atoms with E-state index in [0.717, 1.165) is 0 Å². The van der Waals surface area contributed by atoms with Gasteiger partial charge in [0.1, 0.15) is 0 Å². The van der Waals surface area contributed by atoms with Gasteiger partial charge in [0.15, 0.2) is 0 Å². The van der Waals surface area contributed by atoms with E-state index >= 15 is 0 Å². The second kappa shape index (κ2) is 17.2. The highest BCUT2D eigenvalue weighted by Gasteiger charge is 2.19. The zero-order valence-electron chi connectivity index (χ0n) is 41.2. The van der Waals surface area contributed by atoms with E-state index in [0.29, 0.717) is 0 Å². The summed E-state index contributed by atoms with van der Waals surface area (Å²) in [5.41, 5.74) is 15.0. The Morgan fingerprint density at radius 2 is 0.408 bits per heavy atom. The summed E-state index contributed by atoms with van der Waals surface area (Å²) >= 11 is 3.80. The summed E-state index contributed by atoms with van der Waals surface area (Å²) in [6.07, 6.45) is 0. The van der Waals surface area contributed by atoms with Gasteiger partial charge in [-0.3, -0.25) is 0 Å². The van der Waals surface area contributed by atoms with Crippen LogP contribution < -0.4 is 0 Å². The number of benzene rings is 14. The fourth-order valence-corrected chi connectivity index (χ4v) is 14.9. The average Bonchev–Trinajstić information content (AvgIpc) is 4.11. The first kappa shape index (κ1) is 43.2.